The fourth-order valence-electron chi connectivity index (χ4n) is 2.50. The lowest BCUT2D eigenvalue weighted by molar-refractivity contribution is 0.414. The standard InChI is InChI=1S/C18H22O2/c1-5-13-11-15(19-3)7-9-17(13)18-10-8-16(20-4)12-14(18)6-2/h7-12H,5-6H2,1-4H3. The third-order valence-electron chi connectivity index (χ3n) is 3.68. The Kier molecular flexibility index (Phi) is 4.67. The quantitative estimate of drug-likeness (QED) is 0.796. The molecule has 20 heavy (non-hydrogen) atoms. The zero-order valence-electron chi connectivity index (χ0n) is 12.7. The van der Waals surface area contributed by atoms with Gasteiger partial charge < -0.3 is 9.47 Å². The molecule has 106 valence electrons. The van der Waals surface area contributed by atoms with E-state index < -0.39 is 0 Å². The van der Waals surface area contributed by atoms with E-state index in [2.05, 4.69) is 38.1 Å². The van der Waals surface area contributed by atoms with Crippen molar-refractivity contribution in [1.29, 1.82) is 0 Å². The van der Waals surface area contributed by atoms with E-state index in [1.165, 1.54) is 22.3 Å². The lowest BCUT2D eigenvalue weighted by Crippen LogP contribution is -1.95. The Morgan fingerprint density at radius 3 is 1.40 bits per heavy atom. The molecule has 0 fully saturated rings. The molecule has 2 rings (SSSR count). The number of ether oxygens (including phenoxy) is 2. The van der Waals surface area contributed by atoms with Gasteiger partial charge in [-0.05, 0) is 59.4 Å². The highest BCUT2D eigenvalue weighted by Gasteiger charge is 2.10. The molecule has 2 heteroatoms. The average molecular weight is 270 g/mol. The van der Waals surface area contributed by atoms with Gasteiger partial charge in [-0.15, -0.1) is 0 Å². The number of benzene rings is 2. The first-order chi connectivity index (χ1) is 9.73. The molecule has 0 bridgehead atoms. The van der Waals surface area contributed by atoms with Gasteiger partial charge in [0.25, 0.3) is 0 Å². The monoisotopic (exact) mass is 270 g/mol. The van der Waals surface area contributed by atoms with Crippen LogP contribution in [0.5, 0.6) is 11.5 Å². The lowest BCUT2D eigenvalue weighted by Gasteiger charge is -2.14. The van der Waals surface area contributed by atoms with Crippen LogP contribution in [-0.2, 0) is 12.8 Å². The largest absolute Gasteiger partial charge is 0.497 e. The maximum Gasteiger partial charge on any atom is 0.119 e. The Hall–Kier alpha value is -1.96. The van der Waals surface area contributed by atoms with Gasteiger partial charge in [0.05, 0.1) is 14.2 Å². The summed E-state index contributed by atoms with van der Waals surface area (Å²) < 4.78 is 10.6. The van der Waals surface area contributed by atoms with Crippen molar-refractivity contribution in [3.63, 3.8) is 0 Å². The van der Waals surface area contributed by atoms with Gasteiger partial charge in [-0.3, -0.25) is 0 Å². The number of rotatable bonds is 5. The number of hydrogen-bond acceptors (Lipinski definition) is 2. The topological polar surface area (TPSA) is 18.5 Å². The zero-order chi connectivity index (χ0) is 14.5. The molecule has 0 aliphatic heterocycles. The fraction of sp³-hybridized carbons (Fsp3) is 0.333. The van der Waals surface area contributed by atoms with Crippen molar-refractivity contribution >= 4 is 0 Å². The van der Waals surface area contributed by atoms with E-state index in [1.54, 1.807) is 14.2 Å². The Morgan fingerprint density at radius 1 is 0.700 bits per heavy atom. The molecule has 0 aliphatic rings. The maximum absolute atomic E-state index is 5.32. The molecule has 0 aromatic heterocycles. The fourth-order valence-corrected chi connectivity index (χ4v) is 2.50. The number of methoxy groups -OCH3 is 2. The van der Waals surface area contributed by atoms with Gasteiger partial charge in [0, 0.05) is 0 Å². The van der Waals surface area contributed by atoms with Crippen molar-refractivity contribution in [3.8, 4) is 22.6 Å². The summed E-state index contributed by atoms with van der Waals surface area (Å²) in [5.41, 5.74) is 5.19. The summed E-state index contributed by atoms with van der Waals surface area (Å²) in [6, 6.07) is 12.6. The molecule has 2 aromatic rings. The molecule has 0 aliphatic carbocycles. The third kappa shape index (κ3) is 2.79. The second kappa shape index (κ2) is 6.47. The maximum atomic E-state index is 5.32. The van der Waals surface area contributed by atoms with E-state index in [0.717, 1.165) is 24.3 Å². The minimum absolute atomic E-state index is 0.914. The van der Waals surface area contributed by atoms with Crippen LogP contribution in [0.4, 0.5) is 0 Å². The van der Waals surface area contributed by atoms with Crippen LogP contribution in [0.25, 0.3) is 11.1 Å². The predicted molar refractivity (Wildman–Crippen MR) is 83.7 cm³/mol. The molecule has 0 unspecified atom stereocenters. The summed E-state index contributed by atoms with van der Waals surface area (Å²) in [7, 11) is 3.42. The summed E-state index contributed by atoms with van der Waals surface area (Å²) in [5, 5.41) is 0. The lowest BCUT2D eigenvalue weighted by atomic mass is 9.93. The first kappa shape index (κ1) is 14.4. The zero-order valence-corrected chi connectivity index (χ0v) is 12.7. The Balaban J connectivity index is 2.55. The van der Waals surface area contributed by atoms with E-state index in [4.69, 9.17) is 9.47 Å². The van der Waals surface area contributed by atoms with Crippen LogP contribution in [0, 0.1) is 0 Å². The third-order valence-corrected chi connectivity index (χ3v) is 3.68. The molecule has 0 radical (unpaired) electrons. The van der Waals surface area contributed by atoms with Crippen LogP contribution in [0.15, 0.2) is 36.4 Å². The SMILES string of the molecule is CCc1cc(OC)ccc1-c1ccc(OC)cc1CC. The van der Waals surface area contributed by atoms with Crippen LogP contribution < -0.4 is 9.47 Å². The van der Waals surface area contributed by atoms with Crippen molar-refractivity contribution in [2.75, 3.05) is 14.2 Å². The normalized spacial score (nSPS) is 10.4. The van der Waals surface area contributed by atoms with Gasteiger partial charge >= 0.3 is 0 Å². The van der Waals surface area contributed by atoms with Crippen LogP contribution in [0.3, 0.4) is 0 Å². The van der Waals surface area contributed by atoms with E-state index in [-0.39, 0.29) is 0 Å². The van der Waals surface area contributed by atoms with Gasteiger partial charge in [-0.25, -0.2) is 0 Å². The number of aryl methyl sites for hydroxylation is 2. The van der Waals surface area contributed by atoms with E-state index in [1.807, 2.05) is 12.1 Å². The predicted octanol–water partition coefficient (Wildman–Crippen LogP) is 4.50. The molecular weight excluding hydrogens is 248 g/mol. The molecule has 2 aromatic carbocycles. The summed E-state index contributed by atoms with van der Waals surface area (Å²) in [5.74, 6) is 1.83. The number of hydrogen-bond donors (Lipinski definition) is 0. The molecule has 0 amide bonds. The second-order valence-electron chi connectivity index (χ2n) is 4.75. The van der Waals surface area contributed by atoms with Crippen molar-refractivity contribution in [2.24, 2.45) is 0 Å². The average Bonchev–Trinajstić information content (AvgIpc) is 2.53. The van der Waals surface area contributed by atoms with Crippen molar-refractivity contribution < 1.29 is 9.47 Å². The van der Waals surface area contributed by atoms with Gasteiger partial charge in [0.1, 0.15) is 11.5 Å². The summed E-state index contributed by atoms with van der Waals surface area (Å²) >= 11 is 0. The molecule has 0 spiro atoms. The highest BCUT2D eigenvalue weighted by atomic mass is 16.5. The van der Waals surface area contributed by atoms with Crippen LogP contribution >= 0.6 is 0 Å². The van der Waals surface area contributed by atoms with Gasteiger partial charge in [0.2, 0.25) is 0 Å². The minimum Gasteiger partial charge on any atom is -0.497 e. The Labute approximate surface area is 121 Å². The molecule has 0 saturated heterocycles. The van der Waals surface area contributed by atoms with Crippen molar-refractivity contribution in [3.05, 3.63) is 47.5 Å². The smallest absolute Gasteiger partial charge is 0.119 e. The molecule has 2 nitrogen and oxygen atoms in total. The molecular formula is C18H22O2. The molecule has 0 saturated carbocycles. The van der Waals surface area contributed by atoms with Crippen LogP contribution in [0.1, 0.15) is 25.0 Å². The summed E-state index contributed by atoms with van der Waals surface area (Å²) in [4.78, 5) is 0. The molecule has 0 atom stereocenters. The van der Waals surface area contributed by atoms with E-state index in [9.17, 15) is 0 Å². The van der Waals surface area contributed by atoms with Gasteiger partial charge in [-0.1, -0.05) is 26.0 Å². The Bertz CT molecular complexity index is 534. The van der Waals surface area contributed by atoms with Crippen molar-refractivity contribution in [2.45, 2.75) is 26.7 Å². The Morgan fingerprint density at radius 2 is 1.10 bits per heavy atom. The summed E-state index contributed by atoms with van der Waals surface area (Å²) in [6.07, 6.45) is 1.98. The van der Waals surface area contributed by atoms with Crippen molar-refractivity contribution in [1.82, 2.24) is 0 Å². The summed E-state index contributed by atoms with van der Waals surface area (Å²) in [6.45, 7) is 4.35. The van der Waals surface area contributed by atoms with Crippen LogP contribution in [-0.4, -0.2) is 14.2 Å². The highest BCUT2D eigenvalue weighted by Crippen LogP contribution is 2.32. The second-order valence-corrected chi connectivity index (χ2v) is 4.75. The minimum atomic E-state index is 0.914. The van der Waals surface area contributed by atoms with Crippen LogP contribution in [0.2, 0.25) is 0 Å². The van der Waals surface area contributed by atoms with Gasteiger partial charge in [0.15, 0.2) is 0 Å². The highest BCUT2D eigenvalue weighted by molar-refractivity contribution is 5.72. The first-order valence-electron chi connectivity index (χ1n) is 7.07. The molecule has 0 N–H and O–H groups in total. The van der Waals surface area contributed by atoms with Gasteiger partial charge in [-0.2, -0.15) is 0 Å². The molecule has 0 heterocycles. The van der Waals surface area contributed by atoms with E-state index in [0.29, 0.717) is 0 Å². The first-order valence-corrected chi connectivity index (χ1v) is 7.07. The van der Waals surface area contributed by atoms with E-state index >= 15 is 0 Å².